The Kier molecular flexibility index (Phi) is 6.33. The van der Waals surface area contributed by atoms with Gasteiger partial charge in [-0.2, -0.15) is 0 Å². The van der Waals surface area contributed by atoms with Crippen molar-refractivity contribution in [1.29, 1.82) is 0 Å². The van der Waals surface area contributed by atoms with E-state index in [1.54, 1.807) is 0 Å². The Morgan fingerprint density at radius 2 is 2.00 bits per heavy atom. The van der Waals surface area contributed by atoms with Gasteiger partial charge in [-0.05, 0) is 39.8 Å². The van der Waals surface area contributed by atoms with E-state index in [1.165, 1.54) is 6.42 Å². The summed E-state index contributed by atoms with van der Waals surface area (Å²) in [5, 5.41) is 9.08. The van der Waals surface area contributed by atoms with Gasteiger partial charge in [0.1, 0.15) is 0 Å². The number of hydrogen-bond donors (Lipinski definition) is 2. The monoisotopic (exact) mass is 202 g/mol. The molecule has 0 rings (SSSR count). The average Bonchev–Trinajstić information content (AvgIpc) is 2.13. The molecule has 3 N–H and O–H groups in total. The molecule has 0 radical (unpaired) electrons. The van der Waals surface area contributed by atoms with Crippen molar-refractivity contribution in [3.05, 3.63) is 0 Å². The van der Waals surface area contributed by atoms with Crippen LogP contribution in [0.2, 0.25) is 0 Å². The molecule has 86 valence electrons. The Labute approximate surface area is 88.3 Å². The van der Waals surface area contributed by atoms with Crippen molar-refractivity contribution in [3.63, 3.8) is 0 Å². The molecule has 0 heterocycles. The Morgan fingerprint density at radius 1 is 1.43 bits per heavy atom. The van der Waals surface area contributed by atoms with E-state index in [1.807, 2.05) is 6.92 Å². The van der Waals surface area contributed by atoms with Crippen LogP contribution in [0.5, 0.6) is 0 Å². The van der Waals surface area contributed by atoms with Crippen molar-refractivity contribution in [3.8, 4) is 0 Å². The lowest BCUT2D eigenvalue weighted by molar-refractivity contribution is 0.140. The van der Waals surface area contributed by atoms with Crippen LogP contribution in [0, 0.1) is 0 Å². The average molecular weight is 202 g/mol. The molecule has 3 nitrogen and oxygen atoms in total. The fourth-order valence-electron chi connectivity index (χ4n) is 1.85. The van der Waals surface area contributed by atoms with Gasteiger partial charge in [-0.1, -0.05) is 13.8 Å². The maximum atomic E-state index is 9.08. The zero-order valence-electron chi connectivity index (χ0n) is 10.1. The maximum absolute atomic E-state index is 9.08. The quantitative estimate of drug-likeness (QED) is 0.652. The summed E-state index contributed by atoms with van der Waals surface area (Å²) in [5.41, 5.74) is 5.49. The van der Waals surface area contributed by atoms with Crippen LogP contribution in [-0.4, -0.2) is 41.3 Å². The lowest BCUT2D eigenvalue weighted by Crippen LogP contribution is -2.47. The van der Waals surface area contributed by atoms with E-state index >= 15 is 0 Å². The summed E-state index contributed by atoms with van der Waals surface area (Å²) >= 11 is 0. The lowest BCUT2D eigenvalue weighted by atomic mass is 9.95. The van der Waals surface area contributed by atoms with Gasteiger partial charge in [-0.25, -0.2) is 0 Å². The van der Waals surface area contributed by atoms with Crippen LogP contribution in [0.3, 0.4) is 0 Å². The van der Waals surface area contributed by atoms with E-state index in [2.05, 4.69) is 25.7 Å². The second-order valence-electron chi connectivity index (χ2n) is 4.49. The molecular formula is C11H26N2O. The summed E-state index contributed by atoms with van der Waals surface area (Å²) in [7, 11) is 0. The van der Waals surface area contributed by atoms with Crippen molar-refractivity contribution in [1.82, 2.24) is 4.90 Å². The fraction of sp³-hybridized carbons (Fsp3) is 1.00. The van der Waals surface area contributed by atoms with Crippen LogP contribution < -0.4 is 5.73 Å². The summed E-state index contributed by atoms with van der Waals surface area (Å²) in [4.78, 5) is 2.40. The first-order chi connectivity index (χ1) is 6.46. The number of aliphatic hydroxyl groups excluding tert-OH is 1. The second-order valence-corrected chi connectivity index (χ2v) is 4.49. The van der Waals surface area contributed by atoms with Crippen molar-refractivity contribution in [2.45, 2.75) is 52.1 Å². The van der Waals surface area contributed by atoms with Crippen LogP contribution in [-0.2, 0) is 0 Å². The zero-order chi connectivity index (χ0) is 11.2. The van der Waals surface area contributed by atoms with Crippen LogP contribution in [0.15, 0.2) is 0 Å². The fourth-order valence-corrected chi connectivity index (χ4v) is 1.85. The summed E-state index contributed by atoms with van der Waals surface area (Å²) in [5.74, 6) is 0. The minimum Gasteiger partial charge on any atom is -0.394 e. The molecule has 3 heteroatoms. The first-order valence-electron chi connectivity index (χ1n) is 5.60. The third-order valence-corrected chi connectivity index (χ3v) is 2.66. The highest BCUT2D eigenvalue weighted by molar-refractivity contribution is 4.83. The predicted octanol–water partition coefficient (Wildman–Crippen LogP) is 1.21. The van der Waals surface area contributed by atoms with E-state index < -0.39 is 5.54 Å². The van der Waals surface area contributed by atoms with E-state index in [0.29, 0.717) is 6.04 Å². The molecule has 0 aromatic heterocycles. The molecule has 2 atom stereocenters. The summed E-state index contributed by atoms with van der Waals surface area (Å²) in [6.45, 7) is 10.7. The molecule has 0 aromatic rings. The van der Waals surface area contributed by atoms with Crippen LogP contribution >= 0.6 is 0 Å². The van der Waals surface area contributed by atoms with Crippen LogP contribution in [0.4, 0.5) is 0 Å². The van der Waals surface area contributed by atoms with E-state index in [4.69, 9.17) is 10.8 Å². The normalized spacial score (nSPS) is 18.2. The van der Waals surface area contributed by atoms with Gasteiger partial charge >= 0.3 is 0 Å². The van der Waals surface area contributed by atoms with Gasteiger partial charge in [0.2, 0.25) is 0 Å². The smallest absolute Gasteiger partial charge is 0.0609 e. The van der Waals surface area contributed by atoms with Gasteiger partial charge in [0.05, 0.1) is 6.61 Å². The second kappa shape index (κ2) is 6.38. The minimum atomic E-state index is -0.444. The van der Waals surface area contributed by atoms with Gasteiger partial charge in [0, 0.05) is 11.6 Å². The SMILES string of the molecule is CCCN(CC)C(C)CC(C)(N)CO. The Morgan fingerprint density at radius 3 is 2.36 bits per heavy atom. The van der Waals surface area contributed by atoms with Gasteiger partial charge in [-0.3, -0.25) is 0 Å². The Balaban J connectivity index is 4.09. The van der Waals surface area contributed by atoms with Crippen molar-refractivity contribution in [2.24, 2.45) is 5.73 Å². The predicted molar refractivity (Wildman–Crippen MR) is 61.3 cm³/mol. The molecular weight excluding hydrogens is 176 g/mol. The largest absolute Gasteiger partial charge is 0.394 e. The minimum absolute atomic E-state index is 0.0566. The molecule has 0 spiro atoms. The molecule has 0 fully saturated rings. The van der Waals surface area contributed by atoms with E-state index in [-0.39, 0.29) is 6.61 Å². The van der Waals surface area contributed by atoms with Gasteiger partial charge < -0.3 is 15.7 Å². The van der Waals surface area contributed by atoms with Crippen LogP contribution in [0.1, 0.15) is 40.5 Å². The van der Waals surface area contributed by atoms with Crippen molar-refractivity contribution in [2.75, 3.05) is 19.7 Å². The van der Waals surface area contributed by atoms with Gasteiger partial charge in [0.25, 0.3) is 0 Å². The number of nitrogens with zero attached hydrogens (tertiary/aromatic N) is 1. The molecule has 14 heavy (non-hydrogen) atoms. The topological polar surface area (TPSA) is 49.5 Å². The maximum Gasteiger partial charge on any atom is 0.0609 e. The molecule has 0 aliphatic rings. The standard InChI is InChI=1S/C11H26N2O/c1-5-7-13(6-2)10(3)8-11(4,12)9-14/h10,14H,5-9,12H2,1-4H3. The zero-order valence-corrected chi connectivity index (χ0v) is 10.1. The highest BCUT2D eigenvalue weighted by Crippen LogP contribution is 2.13. The molecule has 0 aromatic carbocycles. The molecule has 0 saturated carbocycles. The number of nitrogens with two attached hydrogens (primary N) is 1. The summed E-state index contributed by atoms with van der Waals surface area (Å²) < 4.78 is 0. The number of aliphatic hydroxyl groups is 1. The highest BCUT2D eigenvalue weighted by atomic mass is 16.3. The molecule has 0 amide bonds. The first-order valence-corrected chi connectivity index (χ1v) is 5.60. The number of rotatable bonds is 7. The lowest BCUT2D eigenvalue weighted by Gasteiger charge is -2.33. The third kappa shape index (κ3) is 4.94. The molecule has 0 bridgehead atoms. The molecule has 0 saturated heterocycles. The van der Waals surface area contributed by atoms with Crippen molar-refractivity contribution < 1.29 is 5.11 Å². The highest BCUT2D eigenvalue weighted by Gasteiger charge is 2.23. The molecule has 0 aliphatic heterocycles. The molecule has 0 aliphatic carbocycles. The van der Waals surface area contributed by atoms with E-state index in [0.717, 1.165) is 19.5 Å². The van der Waals surface area contributed by atoms with Gasteiger partial charge in [-0.15, -0.1) is 0 Å². The Bertz CT molecular complexity index is 148. The summed E-state index contributed by atoms with van der Waals surface area (Å²) in [6, 6.07) is 0.446. The van der Waals surface area contributed by atoms with Gasteiger partial charge in [0.15, 0.2) is 0 Å². The number of hydrogen-bond acceptors (Lipinski definition) is 3. The molecule has 2 unspecified atom stereocenters. The Hall–Kier alpha value is -0.120. The third-order valence-electron chi connectivity index (χ3n) is 2.66. The first kappa shape index (κ1) is 13.9. The van der Waals surface area contributed by atoms with Crippen LogP contribution in [0.25, 0.3) is 0 Å². The summed E-state index contributed by atoms with van der Waals surface area (Å²) in [6.07, 6.45) is 2.01. The van der Waals surface area contributed by atoms with Crippen molar-refractivity contribution >= 4 is 0 Å². The van der Waals surface area contributed by atoms with E-state index in [9.17, 15) is 0 Å².